The van der Waals surface area contributed by atoms with Gasteiger partial charge in [0.25, 0.3) is 0 Å². The molecule has 1 N–H and O–H groups in total. The van der Waals surface area contributed by atoms with Gasteiger partial charge in [-0.15, -0.1) is 0 Å². The average molecular weight is 393 g/mol. The molecular weight excluding hydrogens is 374 g/mol. The van der Waals surface area contributed by atoms with Crippen LogP contribution in [-0.2, 0) is 9.53 Å². The second kappa shape index (κ2) is 9.14. The van der Waals surface area contributed by atoms with Crippen LogP contribution in [-0.4, -0.2) is 34.7 Å². The highest BCUT2D eigenvalue weighted by Gasteiger charge is 2.09. The largest absolute Gasteiger partial charge is 0.465 e. The number of nitrogens with one attached hydrogen (secondary N) is 1. The Morgan fingerprint density at radius 2 is 1.75 bits per heavy atom. The normalized spacial score (nSPS) is 10.4. The number of aromatic nitrogens is 2. The van der Waals surface area contributed by atoms with E-state index in [0.717, 1.165) is 16.3 Å². The van der Waals surface area contributed by atoms with Crippen molar-refractivity contribution in [3.63, 3.8) is 0 Å². The molecule has 6 nitrogen and oxygen atoms in total. The molecule has 1 heterocycles. The van der Waals surface area contributed by atoms with Gasteiger partial charge in [-0.05, 0) is 37.3 Å². The lowest BCUT2D eigenvalue weighted by Crippen LogP contribution is -2.14. The molecule has 0 atom stereocenters. The van der Waals surface area contributed by atoms with E-state index in [-0.39, 0.29) is 11.7 Å². The average Bonchev–Trinajstić information content (AvgIpc) is 2.72. The summed E-state index contributed by atoms with van der Waals surface area (Å²) in [6, 6.07) is 18.3. The molecule has 1 aromatic heterocycles. The van der Waals surface area contributed by atoms with Gasteiger partial charge >= 0.3 is 5.97 Å². The van der Waals surface area contributed by atoms with Crippen molar-refractivity contribution >= 4 is 29.3 Å². The molecule has 142 valence electrons. The summed E-state index contributed by atoms with van der Waals surface area (Å²) in [4.78, 5) is 32.5. The SMILES string of the molecule is COC(=O)c1ccc(NC(=O)CSc2cc(-c3ccccc3)nc(C)n2)cc1. The van der Waals surface area contributed by atoms with Gasteiger partial charge in [-0.25, -0.2) is 14.8 Å². The fourth-order valence-electron chi connectivity index (χ4n) is 2.52. The van der Waals surface area contributed by atoms with E-state index in [1.807, 2.05) is 43.3 Å². The number of hydrogen-bond acceptors (Lipinski definition) is 6. The summed E-state index contributed by atoms with van der Waals surface area (Å²) in [5.41, 5.74) is 2.88. The first kappa shape index (κ1) is 19.6. The number of anilines is 1. The van der Waals surface area contributed by atoms with Crippen LogP contribution in [0.5, 0.6) is 0 Å². The predicted octanol–water partition coefficient (Wildman–Crippen LogP) is 3.97. The highest BCUT2D eigenvalue weighted by atomic mass is 32.2. The van der Waals surface area contributed by atoms with Crippen LogP contribution in [0, 0.1) is 6.92 Å². The van der Waals surface area contributed by atoms with Crippen molar-refractivity contribution in [1.29, 1.82) is 0 Å². The third kappa shape index (κ3) is 5.17. The quantitative estimate of drug-likeness (QED) is 0.388. The second-order valence-corrected chi connectivity index (χ2v) is 6.91. The molecule has 0 bridgehead atoms. The van der Waals surface area contributed by atoms with Gasteiger partial charge in [-0.3, -0.25) is 4.79 Å². The summed E-state index contributed by atoms with van der Waals surface area (Å²) in [5.74, 6) is 0.293. The third-order valence-electron chi connectivity index (χ3n) is 3.82. The number of thioether (sulfide) groups is 1. The first-order valence-electron chi connectivity index (χ1n) is 8.57. The summed E-state index contributed by atoms with van der Waals surface area (Å²) in [5, 5.41) is 3.54. The Kier molecular flexibility index (Phi) is 6.39. The minimum atomic E-state index is -0.415. The van der Waals surface area contributed by atoms with Crippen LogP contribution in [0.1, 0.15) is 16.2 Å². The highest BCUT2D eigenvalue weighted by Crippen LogP contribution is 2.23. The Bertz CT molecular complexity index is 976. The number of rotatable bonds is 6. The van der Waals surface area contributed by atoms with Crippen molar-refractivity contribution < 1.29 is 14.3 Å². The van der Waals surface area contributed by atoms with Gasteiger partial charge in [0.1, 0.15) is 10.9 Å². The van der Waals surface area contributed by atoms with Gasteiger partial charge in [-0.2, -0.15) is 0 Å². The number of hydrogen-bond donors (Lipinski definition) is 1. The Hall–Kier alpha value is -3.19. The third-order valence-corrected chi connectivity index (χ3v) is 4.74. The molecule has 1 amide bonds. The number of benzene rings is 2. The number of amides is 1. The molecule has 0 unspecified atom stereocenters. The Labute approximate surface area is 167 Å². The molecule has 3 aromatic rings. The van der Waals surface area contributed by atoms with Gasteiger partial charge in [0, 0.05) is 11.3 Å². The van der Waals surface area contributed by atoms with E-state index in [9.17, 15) is 9.59 Å². The van der Waals surface area contributed by atoms with Crippen molar-refractivity contribution in [2.24, 2.45) is 0 Å². The molecule has 3 rings (SSSR count). The fraction of sp³-hybridized carbons (Fsp3) is 0.143. The van der Waals surface area contributed by atoms with Crippen LogP contribution < -0.4 is 5.32 Å². The first-order valence-corrected chi connectivity index (χ1v) is 9.56. The maximum absolute atomic E-state index is 12.2. The van der Waals surface area contributed by atoms with E-state index in [2.05, 4.69) is 20.0 Å². The van der Waals surface area contributed by atoms with E-state index >= 15 is 0 Å². The van der Waals surface area contributed by atoms with Crippen molar-refractivity contribution in [2.45, 2.75) is 11.9 Å². The highest BCUT2D eigenvalue weighted by molar-refractivity contribution is 7.99. The van der Waals surface area contributed by atoms with Crippen LogP contribution in [0.3, 0.4) is 0 Å². The summed E-state index contributed by atoms with van der Waals surface area (Å²) in [6.07, 6.45) is 0. The van der Waals surface area contributed by atoms with Crippen molar-refractivity contribution in [2.75, 3.05) is 18.2 Å². The second-order valence-electron chi connectivity index (χ2n) is 5.91. The first-order chi connectivity index (χ1) is 13.5. The maximum atomic E-state index is 12.2. The van der Waals surface area contributed by atoms with E-state index in [0.29, 0.717) is 17.1 Å². The summed E-state index contributed by atoms with van der Waals surface area (Å²) in [7, 11) is 1.33. The van der Waals surface area contributed by atoms with Crippen LogP contribution >= 0.6 is 11.8 Å². The van der Waals surface area contributed by atoms with E-state index in [1.165, 1.54) is 18.9 Å². The number of carbonyl (C=O) groups is 2. The molecule has 0 aliphatic rings. The molecule has 0 saturated heterocycles. The van der Waals surface area contributed by atoms with Crippen molar-refractivity contribution in [3.8, 4) is 11.3 Å². The molecule has 2 aromatic carbocycles. The molecule has 28 heavy (non-hydrogen) atoms. The van der Waals surface area contributed by atoms with Crippen LogP contribution in [0.25, 0.3) is 11.3 Å². The summed E-state index contributed by atoms with van der Waals surface area (Å²) < 4.78 is 4.65. The molecule has 0 saturated carbocycles. The van der Waals surface area contributed by atoms with Crippen LogP contribution in [0.15, 0.2) is 65.7 Å². The molecular formula is C21H19N3O3S. The smallest absolute Gasteiger partial charge is 0.337 e. The van der Waals surface area contributed by atoms with Gasteiger partial charge < -0.3 is 10.1 Å². The van der Waals surface area contributed by atoms with Gasteiger partial charge in [0.15, 0.2) is 0 Å². The molecule has 0 aliphatic heterocycles. The van der Waals surface area contributed by atoms with Crippen molar-refractivity contribution in [1.82, 2.24) is 9.97 Å². The Morgan fingerprint density at radius 3 is 2.43 bits per heavy atom. The number of methoxy groups -OCH3 is 1. The van der Waals surface area contributed by atoms with E-state index in [4.69, 9.17) is 0 Å². The summed E-state index contributed by atoms with van der Waals surface area (Å²) in [6.45, 7) is 1.83. The Balaban J connectivity index is 1.61. The molecule has 0 fully saturated rings. The zero-order valence-electron chi connectivity index (χ0n) is 15.5. The standard InChI is InChI=1S/C21H19N3O3S/c1-14-22-18(15-6-4-3-5-7-15)12-20(23-14)28-13-19(25)24-17-10-8-16(9-11-17)21(26)27-2/h3-12H,13H2,1-2H3,(H,24,25). The minimum Gasteiger partial charge on any atom is -0.465 e. The number of aryl methyl sites for hydroxylation is 1. The Morgan fingerprint density at radius 1 is 1.04 bits per heavy atom. The lowest BCUT2D eigenvalue weighted by molar-refractivity contribution is -0.113. The molecule has 7 heteroatoms. The van der Waals surface area contributed by atoms with Crippen LogP contribution in [0.2, 0.25) is 0 Å². The van der Waals surface area contributed by atoms with Crippen LogP contribution in [0.4, 0.5) is 5.69 Å². The van der Waals surface area contributed by atoms with Gasteiger partial charge in [-0.1, -0.05) is 42.1 Å². The number of nitrogens with zero attached hydrogens (tertiary/aromatic N) is 2. The number of ether oxygens (including phenoxy) is 1. The molecule has 0 aliphatic carbocycles. The van der Waals surface area contributed by atoms with Crippen molar-refractivity contribution in [3.05, 3.63) is 72.1 Å². The lowest BCUT2D eigenvalue weighted by atomic mass is 10.1. The predicted molar refractivity (Wildman–Crippen MR) is 109 cm³/mol. The monoisotopic (exact) mass is 393 g/mol. The topological polar surface area (TPSA) is 81.2 Å². The minimum absolute atomic E-state index is 0.159. The summed E-state index contributed by atoms with van der Waals surface area (Å²) >= 11 is 1.35. The number of carbonyl (C=O) groups excluding carboxylic acids is 2. The molecule has 0 spiro atoms. The van der Waals surface area contributed by atoms with Gasteiger partial charge in [0.05, 0.1) is 24.1 Å². The van der Waals surface area contributed by atoms with E-state index < -0.39 is 5.97 Å². The van der Waals surface area contributed by atoms with Gasteiger partial charge in [0.2, 0.25) is 5.91 Å². The molecule has 0 radical (unpaired) electrons. The van der Waals surface area contributed by atoms with E-state index in [1.54, 1.807) is 24.3 Å². The zero-order valence-corrected chi connectivity index (χ0v) is 16.3. The number of esters is 1. The maximum Gasteiger partial charge on any atom is 0.337 e. The zero-order chi connectivity index (χ0) is 19.9. The fourth-order valence-corrected chi connectivity index (χ4v) is 3.26. The lowest BCUT2D eigenvalue weighted by Gasteiger charge is -2.08.